The molecule has 7 nitrogen and oxygen atoms in total. The predicted octanol–water partition coefficient (Wildman–Crippen LogP) is 6.92. The average molecular weight is 542 g/mol. The van der Waals surface area contributed by atoms with Crippen molar-refractivity contribution < 1.29 is 9.26 Å². The van der Waals surface area contributed by atoms with E-state index in [2.05, 4.69) is 77.8 Å². The van der Waals surface area contributed by atoms with Crippen LogP contribution in [0.15, 0.2) is 53.2 Å². The summed E-state index contributed by atoms with van der Waals surface area (Å²) >= 11 is 1.68. The number of hydrogen-bond donors (Lipinski definition) is 0. The van der Waals surface area contributed by atoms with Crippen LogP contribution in [-0.2, 0) is 10.2 Å². The number of ether oxygens (including phenoxy) is 1. The Kier molecular flexibility index (Phi) is 6.29. The fourth-order valence-corrected chi connectivity index (χ4v) is 7.01. The highest BCUT2D eigenvalue weighted by molar-refractivity contribution is 7.23. The molecule has 7 rings (SSSR count). The standard InChI is InChI=1S/C31H35N5O2S/c1-31(2,3)28-18-25(34-38-28)21-4-6-22(7-5-21)26-19-36-27-13-12-24(32-29(27)39-30(36)33-26)20-8-10-23(11-9-20)35-14-16-37-17-15-35/h4-7,12-13,18-20,23H,8-11,14-17H2,1-3H3/t20-,23-. The summed E-state index contributed by atoms with van der Waals surface area (Å²) in [6.45, 7) is 10.3. The van der Waals surface area contributed by atoms with Crippen LogP contribution in [0.3, 0.4) is 0 Å². The molecule has 1 saturated carbocycles. The number of benzene rings is 1. The first-order valence-corrected chi connectivity index (χ1v) is 14.9. The number of morpholine rings is 1. The Balaban J connectivity index is 1.07. The van der Waals surface area contributed by atoms with E-state index < -0.39 is 0 Å². The third kappa shape index (κ3) is 4.79. The number of imidazole rings is 1. The van der Waals surface area contributed by atoms with Crippen LogP contribution in [0.1, 0.15) is 63.8 Å². The summed E-state index contributed by atoms with van der Waals surface area (Å²) in [5, 5.41) is 4.27. The lowest BCUT2D eigenvalue weighted by atomic mass is 9.83. The molecule has 2 aliphatic rings. The predicted molar refractivity (Wildman–Crippen MR) is 155 cm³/mol. The Morgan fingerprint density at radius 1 is 0.872 bits per heavy atom. The molecule has 0 unspecified atom stereocenters. The van der Waals surface area contributed by atoms with Gasteiger partial charge in [-0.15, -0.1) is 0 Å². The van der Waals surface area contributed by atoms with Gasteiger partial charge in [0.2, 0.25) is 0 Å². The number of thiazole rings is 1. The van der Waals surface area contributed by atoms with E-state index >= 15 is 0 Å². The molecule has 0 amide bonds. The molecule has 5 aromatic rings. The van der Waals surface area contributed by atoms with Gasteiger partial charge >= 0.3 is 0 Å². The Labute approximate surface area is 232 Å². The molecule has 39 heavy (non-hydrogen) atoms. The maximum atomic E-state index is 5.57. The SMILES string of the molecule is CC(C)(C)c1cc(-c2ccc(-c3cn4c(n3)sc3nc([C@H]5CC[C@H](N6CCOCC6)CC5)ccc34)cc2)no1. The van der Waals surface area contributed by atoms with Gasteiger partial charge in [-0.3, -0.25) is 9.30 Å². The molecule has 1 aromatic carbocycles. The molecule has 0 spiro atoms. The van der Waals surface area contributed by atoms with Gasteiger partial charge in [0, 0.05) is 59.5 Å². The highest BCUT2D eigenvalue weighted by Gasteiger charge is 2.28. The van der Waals surface area contributed by atoms with E-state index in [0.717, 1.165) is 69.9 Å². The van der Waals surface area contributed by atoms with Gasteiger partial charge in [0.25, 0.3) is 0 Å². The van der Waals surface area contributed by atoms with Crippen LogP contribution < -0.4 is 0 Å². The number of rotatable bonds is 4. The third-order valence-electron chi connectivity index (χ3n) is 8.39. The molecule has 0 bridgehead atoms. The van der Waals surface area contributed by atoms with Crippen LogP contribution in [0.25, 0.3) is 37.8 Å². The maximum Gasteiger partial charge on any atom is 0.196 e. The number of aromatic nitrogens is 4. The summed E-state index contributed by atoms with van der Waals surface area (Å²) in [7, 11) is 0. The first-order valence-electron chi connectivity index (χ1n) is 14.1. The molecule has 2 fully saturated rings. The number of nitrogens with zero attached hydrogens (tertiary/aromatic N) is 5. The topological polar surface area (TPSA) is 68.7 Å². The molecule has 0 radical (unpaired) electrons. The minimum atomic E-state index is -0.0612. The third-order valence-corrected chi connectivity index (χ3v) is 9.35. The van der Waals surface area contributed by atoms with E-state index in [0.29, 0.717) is 12.0 Å². The van der Waals surface area contributed by atoms with Crippen LogP contribution >= 0.6 is 11.3 Å². The smallest absolute Gasteiger partial charge is 0.196 e. The molecule has 5 heterocycles. The fourth-order valence-electron chi connectivity index (χ4n) is 6.02. The molecule has 1 aliphatic carbocycles. The van der Waals surface area contributed by atoms with Gasteiger partial charge in [-0.25, -0.2) is 9.97 Å². The first kappa shape index (κ1) is 24.9. The van der Waals surface area contributed by atoms with Crippen molar-refractivity contribution in [2.45, 2.75) is 63.8 Å². The van der Waals surface area contributed by atoms with Crippen molar-refractivity contribution >= 4 is 26.6 Å². The van der Waals surface area contributed by atoms with Crippen molar-refractivity contribution in [2.24, 2.45) is 0 Å². The Morgan fingerprint density at radius 2 is 1.59 bits per heavy atom. The molecule has 0 atom stereocenters. The Morgan fingerprint density at radius 3 is 2.28 bits per heavy atom. The molecule has 4 aromatic heterocycles. The highest BCUT2D eigenvalue weighted by atomic mass is 32.1. The van der Waals surface area contributed by atoms with Crippen LogP contribution in [0.5, 0.6) is 0 Å². The Hall–Kier alpha value is -3.07. The second kappa shape index (κ2) is 9.84. The summed E-state index contributed by atoms with van der Waals surface area (Å²) in [5.74, 6) is 1.44. The van der Waals surface area contributed by atoms with E-state index in [1.807, 2.05) is 6.07 Å². The molecule has 1 aliphatic heterocycles. The first-order chi connectivity index (χ1) is 18.9. The van der Waals surface area contributed by atoms with Crippen LogP contribution in [0.4, 0.5) is 0 Å². The van der Waals surface area contributed by atoms with Crippen LogP contribution in [-0.4, -0.2) is 56.8 Å². The summed E-state index contributed by atoms with van der Waals surface area (Å²) in [4.78, 5) is 14.8. The van der Waals surface area contributed by atoms with Gasteiger partial charge < -0.3 is 9.26 Å². The fraction of sp³-hybridized carbons (Fsp3) is 0.452. The number of fused-ring (bicyclic) bond motifs is 3. The molecule has 1 saturated heterocycles. The van der Waals surface area contributed by atoms with Crippen LogP contribution in [0.2, 0.25) is 0 Å². The van der Waals surface area contributed by atoms with E-state index in [4.69, 9.17) is 19.2 Å². The molecule has 0 N–H and O–H groups in total. The van der Waals surface area contributed by atoms with E-state index in [1.165, 1.54) is 31.4 Å². The van der Waals surface area contributed by atoms with Gasteiger partial charge in [0.15, 0.2) is 4.96 Å². The quantitative estimate of drug-likeness (QED) is 0.246. The van der Waals surface area contributed by atoms with Gasteiger partial charge in [-0.1, -0.05) is 61.5 Å². The summed E-state index contributed by atoms with van der Waals surface area (Å²) < 4.78 is 13.3. The van der Waals surface area contributed by atoms with Crippen molar-refractivity contribution in [1.82, 2.24) is 24.4 Å². The van der Waals surface area contributed by atoms with E-state index in [1.54, 1.807) is 11.3 Å². The maximum absolute atomic E-state index is 5.57. The lowest BCUT2D eigenvalue weighted by Crippen LogP contribution is -2.44. The van der Waals surface area contributed by atoms with Gasteiger partial charge in [-0.05, 0) is 37.8 Å². The highest BCUT2D eigenvalue weighted by Crippen LogP contribution is 2.37. The van der Waals surface area contributed by atoms with E-state index in [-0.39, 0.29) is 5.41 Å². The van der Waals surface area contributed by atoms with Crippen molar-refractivity contribution in [3.63, 3.8) is 0 Å². The monoisotopic (exact) mass is 541 g/mol. The number of pyridine rings is 1. The van der Waals surface area contributed by atoms with Crippen molar-refractivity contribution in [3.05, 3.63) is 60.1 Å². The molecule has 8 heteroatoms. The number of hydrogen-bond acceptors (Lipinski definition) is 7. The van der Waals surface area contributed by atoms with Crippen molar-refractivity contribution in [2.75, 3.05) is 26.3 Å². The van der Waals surface area contributed by atoms with Crippen LogP contribution in [0, 0.1) is 0 Å². The second-order valence-electron chi connectivity index (χ2n) is 12.0. The summed E-state index contributed by atoms with van der Waals surface area (Å²) in [5.41, 5.74) is 6.27. The molecule has 202 valence electrons. The Bertz CT molecular complexity index is 1600. The molecular weight excluding hydrogens is 506 g/mol. The van der Waals surface area contributed by atoms with Crippen molar-refractivity contribution in [1.29, 1.82) is 0 Å². The van der Waals surface area contributed by atoms with Crippen molar-refractivity contribution in [3.8, 4) is 22.5 Å². The minimum Gasteiger partial charge on any atom is -0.379 e. The summed E-state index contributed by atoms with van der Waals surface area (Å²) in [6, 6.07) is 15.6. The lowest BCUT2D eigenvalue weighted by Gasteiger charge is -2.38. The van der Waals surface area contributed by atoms with Gasteiger partial charge in [0.05, 0.1) is 24.4 Å². The lowest BCUT2D eigenvalue weighted by molar-refractivity contribution is 0.00721. The molecular formula is C31H35N5O2S. The van der Waals surface area contributed by atoms with E-state index in [9.17, 15) is 0 Å². The van der Waals surface area contributed by atoms with Gasteiger partial charge in [-0.2, -0.15) is 0 Å². The summed E-state index contributed by atoms with van der Waals surface area (Å²) in [6.07, 6.45) is 7.08. The van der Waals surface area contributed by atoms with Gasteiger partial charge in [0.1, 0.15) is 16.3 Å². The zero-order chi connectivity index (χ0) is 26.6. The normalized spacial score (nSPS) is 21.2. The largest absolute Gasteiger partial charge is 0.379 e. The zero-order valence-corrected chi connectivity index (χ0v) is 23.7. The second-order valence-corrected chi connectivity index (χ2v) is 13.0. The zero-order valence-electron chi connectivity index (χ0n) is 22.9. The average Bonchev–Trinajstić information content (AvgIpc) is 3.69. The minimum absolute atomic E-state index is 0.0612.